The Bertz CT molecular complexity index is 347. The third-order valence-corrected chi connectivity index (χ3v) is 2.21. The van der Waals surface area contributed by atoms with Crippen LogP contribution in [0.2, 0.25) is 0 Å². The molecule has 1 aromatic rings. The maximum atomic E-state index is 11.5. The number of carbonyl (C=O) groups is 1. The van der Waals surface area contributed by atoms with E-state index in [0.717, 1.165) is 0 Å². The average Bonchev–Trinajstić information content (AvgIpc) is 2.60. The van der Waals surface area contributed by atoms with E-state index >= 15 is 0 Å². The lowest BCUT2D eigenvalue weighted by Crippen LogP contribution is -2.29. The molecule has 0 aliphatic rings. The summed E-state index contributed by atoms with van der Waals surface area (Å²) in [6, 6.07) is 1.59. The molecule has 2 N–H and O–H groups in total. The zero-order valence-corrected chi connectivity index (χ0v) is 9.86. The predicted molar refractivity (Wildman–Crippen MR) is 59.0 cm³/mol. The summed E-state index contributed by atoms with van der Waals surface area (Å²) in [6.45, 7) is 5.98. The van der Waals surface area contributed by atoms with Gasteiger partial charge in [-0.2, -0.15) is 0 Å². The van der Waals surface area contributed by atoms with E-state index in [1.54, 1.807) is 19.9 Å². The second-order valence-corrected chi connectivity index (χ2v) is 4.23. The van der Waals surface area contributed by atoms with Gasteiger partial charge in [0.05, 0.1) is 11.8 Å². The molecule has 0 radical (unpaired) electrons. The van der Waals surface area contributed by atoms with Crippen molar-refractivity contribution in [1.82, 2.24) is 10.5 Å². The molecule has 0 aliphatic heterocycles. The van der Waals surface area contributed by atoms with Crippen molar-refractivity contribution in [2.75, 3.05) is 6.54 Å². The van der Waals surface area contributed by atoms with Crippen LogP contribution in [0.5, 0.6) is 0 Å². The highest BCUT2D eigenvalue weighted by molar-refractivity contribution is 5.91. The van der Waals surface area contributed by atoms with Crippen molar-refractivity contribution in [3.05, 3.63) is 17.5 Å². The van der Waals surface area contributed by atoms with Crippen LogP contribution in [0.25, 0.3) is 0 Å². The van der Waals surface area contributed by atoms with Gasteiger partial charge in [-0.1, -0.05) is 12.1 Å². The number of nitrogens with one attached hydrogen (secondary N) is 1. The number of nitrogens with zero attached hydrogens (tertiary/aromatic N) is 1. The van der Waals surface area contributed by atoms with Gasteiger partial charge in [-0.25, -0.2) is 0 Å². The van der Waals surface area contributed by atoms with E-state index in [4.69, 9.17) is 9.63 Å². The first kappa shape index (κ1) is 12.7. The van der Waals surface area contributed by atoms with Gasteiger partial charge in [-0.3, -0.25) is 4.79 Å². The number of carbonyl (C=O) groups excluding carboxylic acids is 1. The summed E-state index contributed by atoms with van der Waals surface area (Å²) >= 11 is 0. The molecule has 0 saturated heterocycles. The largest absolute Gasteiger partial charge is 0.393 e. The van der Waals surface area contributed by atoms with E-state index in [0.29, 0.717) is 18.7 Å². The lowest BCUT2D eigenvalue weighted by molar-refractivity contribution is 0.0902. The van der Waals surface area contributed by atoms with Crippen LogP contribution in [0, 0.1) is 12.8 Å². The van der Waals surface area contributed by atoms with Gasteiger partial charge < -0.3 is 14.9 Å². The van der Waals surface area contributed by atoms with E-state index in [1.807, 2.05) is 6.92 Å². The van der Waals surface area contributed by atoms with Gasteiger partial charge in [-0.15, -0.1) is 0 Å². The minimum Gasteiger partial charge on any atom is -0.393 e. The predicted octanol–water partition coefficient (Wildman–Crippen LogP) is 1.12. The molecule has 0 spiro atoms. The number of aliphatic hydroxyl groups excluding tert-OH is 1. The molecule has 16 heavy (non-hydrogen) atoms. The number of aryl methyl sites for hydroxylation is 1. The van der Waals surface area contributed by atoms with Gasteiger partial charge in [0, 0.05) is 12.6 Å². The lowest BCUT2D eigenvalue weighted by atomic mass is 10.0. The van der Waals surface area contributed by atoms with Crippen molar-refractivity contribution in [3.8, 4) is 0 Å². The highest BCUT2D eigenvalue weighted by Crippen LogP contribution is 2.05. The number of hydrogen-bond acceptors (Lipinski definition) is 4. The summed E-state index contributed by atoms with van der Waals surface area (Å²) in [5.41, 5.74) is 0.683. The molecule has 0 saturated carbocycles. The third-order valence-electron chi connectivity index (χ3n) is 2.21. The Morgan fingerprint density at radius 1 is 1.62 bits per heavy atom. The fourth-order valence-corrected chi connectivity index (χ4v) is 1.49. The maximum absolute atomic E-state index is 11.5. The van der Waals surface area contributed by atoms with Gasteiger partial charge in [0.15, 0.2) is 0 Å². The van der Waals surface area contributed by atoms with Gasteiger partial charge in [0.1, 0.15) is 0 Å². The van der Waals surface area contributed by atoms with E-state index < -0.39 is 0 Å². The van der Waals surface area contributed by atoms with E-state index in [-0.39, 0.29) is 23.7 Å². The zero-order chi connectivity index (χ0) is 12.1. The van der Waals surface area contributed by atoms with Crippen molar-refractivity contribution in [2.24, 2.45) is 5.92 Å². The van der Waals surface area contributed by atoms with Crippen LogP contribution in [0.3, 0.4) is 0 Å². The highest BCUT2D eigenvalue weighted by Gasteiger charge is 2.13. The zero-order valence-electron chi connectivity index (χ0n) is 9.86. The molecule has 1 heterocycles. The van der Waals surface area contributed by atoms with Crippen molar-refractivity contribution in [3.63, 3.8) is 0 Å². The standard InChI is InChI=1S/C11H18N2O3/c1-7(4-9(3)14)6-12-11(15)10-5-8(2)13-16-10/h5,7,9,14H,4,6H2,1-3H3,(H,12,15). The summed E-state index contributed by atoms with van der Waals surface area (Å²) in [5, 5.41) is 15.5. The van der Waals surface area contributed by atoms with Gasteiger partial charge in [0.25, 0.3) is 5.91 Å². The molecule has 0 fully saturated rings. The monoisotopic (exact) mass is 226 g/mol. The molecule has 2 unspecified atom stereocenters. The van der Waals surface area contributed by atoms with Crippen LogP contribution in [-0.4, -0.2) is 28.8 Å². The average molecular weight is 226 g/mol. The molecule has 0 aliphatic carbocycles. The maximum Gasteiger partial charge on any atom is 0.289 e. The topological polar surface area (TPSA) is 75.4 Å². The van der Waals surface area contributed by atoms with Gasteiger partial charge in [0.2, 0.25) is 5.76 Å². The molecule has 1 rings (SSSR count). The van der Waals surface area contributed by atoms with Crippen LogP contribution < -0.4 is 5.32 Å². The van der Waals surface area contributed by atoms with E-state index in [1.165, 1.54) is 0 Å². The van der Waals surface area contributed by atoms with Crippen LogP contribution >= 0.6 is 0 Å². The van der Waals surface area contributed by atoms with Crippen LogP contribution in [0.1, 0.15) is 36.5 Å². The quantitative estimate of drug-likeness (QED) is 0.789. The number of aromatic nitrogens is 1. The Morgan fingerprint density at radius 3 is 2.81 bits per heavy atom. The van der Waals surface area contributed by atoms with Crippen molar-refractivity contribution < 1.29 is 14.4 Å². The first-order valence-corrected chi connectivity index (χ1v) is 5.38. The minimum atomic E-state index is -0.348. The second-order valence-electron chi connectivity index (χ2n) is 4.23. The highest BCUT2D eigenvalue weighted by atomic mass is 16.5. The molecule has 2 atom stereocenters. The minimum absolute atomic E-state index is 0.224. The Labute approximate surface area is 94.8 Å². The molecule has 0 bridgehead atoms. The number of aliphatic hydroxyl groups is 1. The van der Waals surface area contributed by atoms with Gasteiger partial charge in [-0.05, 0) is 26.2 Å². The molecular weight excluding hydrogens is 208 g/mol. The Balaban J connectivity index is 2.35. The summed E-state index contributed by atoms with van der Waals surface area (Å²) in [6.07, 6.45) is 0.315. The smallest absolute Gasteiger partial charge is 0.289 e. The van der Waals surface area contributed by atoms with Crippen LogP contribution in [0.4, 0.5) is 0 Å². The van der Waals surface area contributed by atoms with Gasteiger partial charge >= 0.3 is 0 Å². The first-order valence-electron chi connectivity index (χ1n) is 5.38. The van der Waals surface area contributed by atoms with E-state index in [2.05, 4.69) is 10.5 Å². The summed E-state index contributed by atoms with van der Waals surface area (Å²) in [4.78, 5) is 11.5. The van der Waals surface area contributed by atoms with Crippen LogP contribution in [0.15, 0.2) is 10.6 Å². The van der Waals surface area contributed by atoms with Crippen molar-refractivity contribution in [2.45, 2.75) is 33.3 Å². The molecule has 90 valence electrons. The number of amides is 1. The summed E-state index contributed by atoms with van der Waals surface area (Å²) in [7, 11) is 0. The molecule has 1 amide bonds. The van der Waals surface area contributed by atoms with E-state index in [9.17, 15) is 4.79 Å². The summed E-state index contributed by atoms with van der Waals surface area (Å²) in [5.74, 6) is 0.188. The molecular formula is C11H18N2O3. The molecule has 0 aromatic carbocycles. The Morgan fingerprint density at radius 2 is 2.31 bits per heavy atom. The third kappa shape index (κ3) is 4.02. The fourth-order valence-electron chi connectivity index (χ4n) is 1.49. The second kappa shape index (κ2) is 5.65. The number of hydrogen-bond donors (Lipinski definition) is 2. The Kier molecular flexibility index (Phi) is 4.49. The molecule has 5 nitrogen and oxygen atoms in total. The van der Waals surface area contributed by atoms with Crippen molar-refractivity contribution >= 4 is 5.91 Å². The number of rotatable bonds is 5. The molecule has 5 heteroatoms. The van der Waals surface area contributed by atoms with Crippen molar-refractivity contribution in [1.29, 1.82) is 0 Å². The fraction of sp³-hybridized carbons (Fsp3) is 0.636. The Hall–Kier alpha value is -1.36. The normalized spacial score (nSPS) is 14.5. The first-order chi connectivity index (χ1) is 7.49. The lowest BCUT2D eigenvalue weighted by Gasteiger charge is -2.13. The van der Waals surface area contributed by atoms with Crippen LogP contribution in [-0.2, 0) is 0 Å². The molecule has 1 aromatic heterocycles. The summed E-state index contributed by atoms with van der Waals surface area (Å²) < 4.78 is 4.83. The SMILES string of the molecule is Cc1cc(C(=O)NCC(C)CC(C)O)on1.